The van der Waals surface area contributed by atoms with Crippen molar-refractivity contribution < 1.29 is 17.9 Å². The van der Waals surface area contributed by atoms with Gasteiger partial charge in [-0.3, -0.25) is 9.52 Å². The number of methoxy groups -OCH3 is 1. The molecule has 0 aliphatic heterocycles. The summed E-state index contributed by atoms with van der Waals surface area (Å²) in [5.74, 6) is 0.310. The van der Waals surface area contributed by atoms with Gasteiger partial charge in [-0.1, -0.05) is 36.4 Å². The Kier molecular flexibility index (Phi) is 6.51. The molecule has 0 aliphatic carbocycles. The third-order valence-electron chi connectivity index (χ3n) is 4.29. The number of amides is 1. The van der Waals surface area contributed by atoms with Crippen LogP contribution in [-0.2, 0) is 16.4 Å². The van der Waals surface area contributed by atoms with Gasteiger partial charge in [0.1, 0.15) is 5.75 Å². The van der Waals surface area contributed by atoms with Crippen LogP contribution in [0.4, 0.5) is 5.69 Å². The summed E-state index contributed by atoms with van der Waals surface area (Å²) in [5.41, 5.74) is 1.83. The first-order chi connectivity index (χ1) is 14.0. The van der Waals surface area contributed by atoms with Gasteiger partial charge in [-0.15, -0.1) is 0 Å². The molecule has 29 heavy (non-hydrogen) atoms. The van der Waals surface area contributed by atoms with Crippen molar-refractivity contribution in [3.05, 3.63) is 90.0 Å². The Bertz CT molecular complexity index is 1070. The van der Waals surface area contributed by atoms with E-state index >= 15 is 0 Å². The van der Waals surface area contributed by atoms with E-state index in [-0.39, 0.29) is 10.8 Å². The average Bonchev–Trinajstić information content (AvgIpc) is 2.74. The molecule has 3 rings (SSSR count). The van der Waals surface area contributed by atoms with Crippen molar-refractivity contribution in [1.82, 2.24) is 5.32 Å². The molecule has 0 spiro atoms. The van der Waals surface area contributed by atoms with Gasteiger partial charge in [0.25, 0.3) is 15.9 Å². The molecule has 0 heterocycles. The first-order valence-corrected chi connectivity index (χ1v) is 10.6. The summed E-state index contributed by atoms with van der Waals surface area (Å²) in [6.07, 6.45) is 0.719. The first-order valence-electron chi connectivity index (χ1n) is 9.07. The van der Waals surface area contributed by atoms with Gasteiger partial charge >= 0.3 is 0 Å². The number of rotatable bonds is 8. The van der Waals surface area contributed by atoms with Crippen molar-refractivity contribution in [2.45, 2.75) is 11.3 Å². The molecule has 6 nitrogen and oxygen atoms in total. The lowest BCUT2D eigenvalue weighted by molar-refractivity contribution is 0.0954. The molecule has 0 bridgehead atoms. The van der Waals surface area contributed by atoms with E-state index in [9.17, 15) is 13.2 Å². The highest BCUT2D eigenvalue weighted by molar-refractivity contribution is 7.92. The first kappa shape index (κ1) is 20.4. The minimum Gasteiger partial charge on any atom is -0.497 e. The maximum Gasteiger partial charge on any atom is 0.261 e. The van der Waals surface area contributed by atoms with E-state index in [0.29, 0.717) is 23.5 Å². The maximum atomic E-state index is 12.6. The van der Waals surface area contributed by atoms with Gasteiger partial charge in [0, 0.05) is 17.8 Å². The number of carbonyl (C=O) groups is 1. The van der Waals surface area contributed by atoms with E-state index < -0.39 is 10.0 Å². The standard InChI is InChI=1S/C22H22N2O4S/c1-28-20-10-12-21(13-11-20)29(26,27)24-19-9-5-8-18(16-19)22(25)23-15-14-17-6-3-2-4-7-17/h2-13,16,24H,14-15H2,1H3,(H,23,25). The molecule has 3 aromatic carbocycles. The number of ether oxygens (including phenoxy) is 1. The fraction of sp³-hybridized carbons (Fsp3) is 0.136. The van der Waals surface area contributed by atoms with Crippen molar-refractivity contribution in [2.75, 3.05) is 18.4 Å². The fourth-order valence-electron chi connectivity index (χ4n) is 2.76. The monoisotopic (exact) mass is 410 g/mol. The summed E-state index contributed by atoms with van der Waals surface area (Å²) < 4.78 is 32.7. The van der Waals surface area contributed by atoms with Gasteiger partial charge in [0.05, 0.1) is 12.0 Å². The molecule has 0 saturated carbocycles. The lowest BCUT2D eigenvalue weighted by Crippen LogP contribution is -2.25. The predicted molar refractivity (Wildman–Crippen MR) is 113 cm³/mol. The van der Waals surface area contributed by atoms with Crippen LogP contribution in [-0.4, -0.2) is 28.0 Å². The molecule has 0 unspecified atom stereocenters. The SMILES string of the molecule is COc1ccc(S(=O)(=O)Nc2cccc(C(=O)NCCc3ccccc3)c2)cc1. The normalized spacial score (nSPS) is 10.9. The summed E-state index contributed by atoms with van der Waals surface area (Å²) in [7, 11) is -2.26. The van der Waals surface area contributed by atoms with E-state index in [2.05, 4.69) is 10.0 Å². The third-order valence-corrected chi connectivity index (χ3v) is 5.69. The van der Waals surface area contributed by atoms with Crippen LogP contribution in [0.2, 0.25) is 0 Å². The second-order valence-electron chi connectivity index (χ2n) is 6.35. The highest BCUT2D eigenvalue weighted by atomic mass is 32.2. The van der Waals surface area contributed by atoms with E-state index in [0.717, 1.165) is 12.0 Å². The molecule has 0 aromatic heterocycles. The van der Waals surface area contributed by atoms with Crippen LogP contribution < -0.4 is 14.8 Å². The lowest BCUT2D eigenvalue weighted by atomic mass is 10.1. The van der Waals surface area contributed by atoms with Crippen molar-refractivity contribution in [2.24, 2.45) is 0 Å². The van der Waals surface area contributed by atoms with Crippen LogP contribution in [0.3, 0.4) is 0 Å². The molecule has 150 valence electrons. The van der Waals surface area contributed by atoms with Gasteiger partial charge in [-0.05, 0) is 54.4 Å². The van der Waals surface area contributed by atoms with Crippen LogP contribution in [0.15, 0.2) is 83.8 Å². The average molecular weight is 410 g/mol. The molecule has 0 saturated heterocycles. The molecule has 3 aromatic rings. The summed E-state index contributed by atoms with van der Waals surface area (Å²) in [6.45, 7) is 0.491. The fourth-order valence-corrected chi connectivity index (χ4v) is 3.81. The van der Waals surface area contributed by atoms with Gasteiger partial charge in [-0.2, -0.15) is 0 Å². The lowest BCUT2D eigenvalue weighted by Gasteiger charge is -2.10. The van der Waals surface area contributed by atoms with Crippen molar-refractivity contribution in [3.8, 4) is 5.75 Å². The third kappa shape index (κ3) is 5.58. The van der Waals surface area contributed by atoms with Gasteiger partial charge in [0.2, 0.25) is 0 Å². The highest BCUT2D eigenvalue weighted by Crippen LogP contribution is 2.20. The topological polar surface area (TPSA) is 84.5 Å². The number of carbonyl (C=O) groups excluding carboxylic acids is 1. The number of anilines is 1. The van der Waals surface area contributed by atoms with Crippen LogP contribution in [0.5, 0.6) is 5.75 Å². The summed E-state index contributed by atoms with van der Waals surface area (Å²) >= 11 is 0. The molecule has 1 amide bonds. The van der Waals surface area contributed by atoms with Crippen molar-refractivity contribution >= 4 is 21.6 Å². The zero-order valence-corrected chi connectivity index (χ0v) is 16.8. The molecule has 2 N–H and O–H groups in total. The number of hydrogen-bond donors (Lipinski definition) is 2. The minimum atomic E-state index is -3.77. The van der Waals surface area contributed by atoms with Crippen molar-refractivity contribution in [3.63, 3.8) is 0 Å². The van der Waals surface area contributed by atoms with E-state index in [1.54, 1.807) is 30.3 Å². The van der Waals surface area contributed by atoms with Crippen LogP contribution in [0.25, 0.3) is 0 Å². The molecule has 7 heteroatoms. The Hall–Kier alpha value is -3.32. The Morgan fingerprint density at radius 1 is 0.931 bits per heavy atom. The smallest absolute Gasteiger partial charge is 0.261 e. The zero-order valence-electron chi connectivity index (χ0n) is 16.0. The number of benzene rings is 3. The second kappa shape index (κ2) is 9.25. The number of sulfonamides is 1. The van der Waals surface area contributed by atoms with Crippen LogP contribution in [0, 0.1) is 0 Å². The largest absolute Gasteiger partial charge is 0.497 e. The van der Waals surface area contributed by atoms with E-state index in [1.165, 1.54) is 25.3 Å². The Labute approximate surface area is 170 Å². The van der Waals surface area contributed by atoms with Gasteiger partial charge in [-0.25, -0.2) is 8.42 Å². The van der Waals surface area contributed by atoms with E-state index in [4.69, 9.17) is 4.74 Å². The molecule has 0 aliphatic rings. The Morgan fingerprint density at radius 3 is 2.34 bits per heavy atom. The minimum absolute atomic E-state index is 0.107. The van der Waals surface area contributed by atoms with Gasteiger partial charge in [0.15, 0.2) is 0 Å². The van der Waals surface area contributed by atoms with Crippen LogP contribution in [0.1, 0.15) is 15.9 Å². The highest BCUT2D eigenvalue weighted by Gasteiger charge is 2.15. The molecule has 0 fully saturated rings. The second-order valence-corrected chi connectivity index (χ2v) is 8.04. The Morgan fingerprint density at radius 2 is 1.66 bits per heavy atom. The summed E-state index contributed by atoms with van der Waals surface area (Å²) in [5, 5.41) is 2.85. The summed E-state index contributed by atoms with van der Waals surface area (Å²) in [6, 6.07) is 22.3. The summed E-state index contributed by atoms with van der Waals surface area (Å²) in [4.78, 5) is 12.5. The quantitative estimate of drug-likeness (QED) is 0.596. The van der Waals surface area contributed by atoms with Crippen LogP contribution >= 0.6 is 0 Å². The number of hydrogen-bond acceptors (Lipinski definition) is 4. The van der Waals surface area contributed by atoms with Crippen molar-refractivity contribution in [1.29, 1.82) is 0 Å². The van der Waals surface area contributed by atoms with E-state index in [1.807, 2.05) is 30.3 Å². The zero-order chi connectivity index (χ0) is 20.7. The number of nitrogens with one attached hydrogen (secondary N) is 2. The molecule has 0 atom stereocenters. The maximum absolute atomic E-state index is 12.6. The molecular formula is C22H22N2O4S. The predicted octanol–water partition coefficient (Wildman–Crippen LogP) is 3.47. The Balaban J connectivity index is 1.64. The van der Waals surface area contributed by atoms with Gasteiger partial charge < -0.3 is 10.1 Å². The molecular weight excluding hydrogens is 388 g/mol. The molecule has 0 radical (unpaired) electrons.